The van der Waals surface area contributed by atoms with Gasteiger partial charge in [-0.2, -0.15) is 0 Å². The lowest BCUT2D eigenvalue weighted by Crippen LogP contribution is -2.40. The zero-order valence-corrected chi connectivity index (χ0v) is 21.1. The van der Waals surface area contributed by atoms with E-state index >= 15 is 0 Å². The number of nitro groups is 1. The molecule has 2 amide bonds. The second kappa shape index (κ2) is 14.3. The van der Waals surface area contributed by atoms with Gasteiger partial charge >= 0.3 is 0 Å². The third-order valence-electron chi connectivity index (χ3n) is 5.59. The number of amides is 2. The summed E-state index contributed by atoms with van der Waals surface area (Å²) in [6, 6.07) is 18.5. The highest BCUT2D eigenvalue weighted by atomic mass is 16.6. The number of primary amides is 2. The van der Waals surface area contributed by atoms with Crippen LogP contribution in [-0.4, -0.2) is 72.3 Å². The molecule has 3 aromatic rings. The van der Waals surface area contributed by atoms with Crippen molar-refractivity contribution in [1.29, 1.82) is 0 Å². The molecule has 0 heterocycles. The Morgan fingerprint density at radius 1 is 0.769 bits per heavy atom. The van der Waals surface area contributed by atoms with Crippen molar-refractivity contribution in [2.75, 3.05) is 39.5 Å². The number of aliphatic hydroxyl groups excluding tert-OH is 1. The van der Waals surface area contributed by atoms with Crippen LogP contribution in [0.2, 0.25) is 0 Å². The summed E-state index contributed by atoms with van der Waals surface area (Å²) in [6.07, 6.45) is -0.870. The second-order valence-corrected chi connectivity index (χ2v) is 8.49. The van der Waals surface area contributed by atoms with Crippen molar-refractivity contribution >= 4 is 17.5 Å². The highest BCUT2D eigenvalue weighted by molar-refractivity contribution is 5.93. The van der Waals surface area contributed by atoms with Crippen molar-refractivity contribution in [3.05, 3.63) is 94.0 Å². The monoisotopic (exact) mass is 538 g/mol. The van der Waals surface area contributed by atoms with Crippen LogP contribution < -0.4 is 25.7 Å². The first-order valence-electron chi connectivity index (χ1n) is 12.0. The molecule has 5 N–H and O–H groups in total. The number of nitrogens with zero attached hydrogens (tertiary/aromatic N) is 2. The molecule has 0 radical (unpaired) electrons. The van der Waals surface area contributed by atoms with Crippen molar-refractivity contribution in [3.8, 4) is 17.2 Å². The average molecular weight is 539 g/mol. The van der Waals surface area contributed by atoms with E-state index in [0.717, 1.165) is 0 Å². The summed E-state index contributed by atoms with van der Waals surface area (Å²) < 4.78 is 17.1. The van der Waals surface area contributed by atoms with Crippen molar-refractivity contribution in [2.45, 2.75) is 6.10 Å². The van der Waals surface area contributed by atoms with Gasteiger partial charge in [0.2, 0.25) is 11.8 Å². The Kier molecular flexibility index (Phi) is 10.6. The number of nitrogens with two attached hydrogens (primary N) is 2. The molecule has 1 atom stereocenters. The molecule has 0 spiro atoms. The smallest absolute Gasteiger partial charge is 0.269 e. The fourth-order valence-corrected chi connectivity index (χ4v) is 3.52. The molecule has 39 heavy (non-hydrogen) atoms. The summed E-state index contributed by atoms with van der Waals surface area (Å²) >= 11 is 0. The number of ether oxygens (including phenoxy) is 3. The van der Waals surface area contributed by atoms with Gasteiger partial charge in [-0.05, 0) is 60.7 Å². The van der Waals surface area contributed by atoms with Gasteiger partial charge < -0.3 is 30.8 Å². The van der Waals surface area contributed by atoms with Gasteiger partial charge in [0.15, 0.2) is 0 Å². The van der Waals surface area contributed by atoms with Crippen LogP contribution in [0.15, 0.2) is 72.8 Å². The maximum atomic E-state index is 11.2. The number of benzene rings is 3. The summed E-state index contributed by atoms with van der Waals surface area (Å²) in [5.41, 5.74) is 11.2. The van der Waals surface area contributed by atoms with Crippen LogP contribution in [0.5, 0.6) is 17.2 Å². The molecule has 12 heteroatoms. The summed E-state index contributed by atoms with van der Waals surface area (Å²) in [7, 11) is 0. The third kappa shape index (κ3) is 9.61. The quantitative estimate of drug-likeness (QED) is 0.181. The topological polar surface area (TPSA) is 180 Å². The molecule has 3 rings (SSSR count). The molecule has 0 saturated carbocycles. The largest absolute Gasteiger partial charge is 0.492 e. The molecular formula is C27H30N4O8. The Bertz CT molecular complexity index is 1170. The predicted molar refractivity (Wildman–Crippen MR) is 142 cm³/mol. The van der Waals surface area contributed by atoms with Gasteiger partial charge in [-0.15, -0.1) is 0 Å². The summed E-state index contributed by atoms with van der Waals surface area (Å²) in [5.74, 6) is 0.473. The van der Waals surface area contributed by atoms with Crippen LogP contribution in [0.4, 0.5) is 5.69 Å². The van der Waals surface area contributed by atoms with E-state index in [-0.39, 0.29) is 18.8 Å². The van der Waals surface area contributed by atoms with E-state index in [4.69, 9.17) is 25.7 Å². The number of aliphatic hydroxyl groups is 1. The lowest BCUT2D eigenvalue weighted by molar-refractivity contribution is -0.384. The molecule has 0 bridgehead atoms. The normalized spacial score (nSPS) is 11.5. The Balaban J connectivity index is 1.53. The standard InChI is InChI=1S/C27H30N4O8/c28-26(33)19-1-7-23(8-2-19)37-15-13-30(14-16-38-24-9-3-20(4-10-24)27(29)34)17-22(32)18-39-25-11-5-21(6-12-25)31(35)36/h1-12,22,32H,13-18H2,(H2,28,33)(H2,29,34). The number of hydrogen-bond donors (Lipinski definition) is 3. The maximum absolute atomic E-state index is 11.2. The average Bonchev–Trinajstić information content (AvgIpc) is 2.92. The lowest BCUT2D eigenvalue weighted by atomic mass is 10.2. The number of carbonyl (C=O) groups excluding carboxylic acids is 2. The summed E-state index contributed by atoms with van der Waals surface area (Å²) in [5, 5.41) is 21.4. The predicted octanol–water partition coefficient (Wildman–Crippen LogP) is 1.99. The van der Waals surface area contributed by atoms with Gasteiger partial charge in [-0.1, -0.05) is 0 Å². The number of rotatable bonds is 16. The van der Waals surface area contributed by atoms with Gasteiger partial charge in [0.25, 0.3) is 5.69 Å². The van der Waals surface area contributed by atoms with Gasteiger partial charge in [-0.25, -0.2) is 0 Å². The van der Waals surface area contributed by atoms with Crippen LogP contribution in [0.25, 0.3) is 0 Å². The maximum Gasteiger partial charge on any atom is 0.269 e. The molecule has 12 nitrogen and oxygen atoms in total. The number of non-ortho nitro benzene ring substituents is 1. The van der Waals surface area contributed by atoms with Gasteiger partial charge in [-0.3, -0.25) is 24.6 Å². The van der Waals surface area contributed by atoms with E-state index in [1.165, 1.54) is 24.3 Å². The van der Waals surface area contributed by atoms with Crippen LogP contribution >= 0.6 is 0 Å². The minimum atomic E-state index is -0.870. The highest BCUT2D eigenvalue weighted by Crippen LogP contribution is 2.18. The van der Waals surface area contributed by atoms with Gasteiger partial charge in [0, 0.05) is 42.9 Å². The minimum absolute atomic E-state index is 0.0286. The lowest BCUT2D eigenvalue weighted by Gasteiger charge is -2.25. The number of carbonyl (C=O) groups is 2. The van der Waals surface area contributed by atoms with E-state index < -0.39 is 22.8 Å². The van der Waals surface area contributed by atoms with Crippen LogP contribution in [-0.2, 0) is 0 Å². The van der Waals surface area contributed by atoms with Gasteiger partial charge in [0.05, 0.1) is 4.92 Å². The molecule has 0 fully saturated rings. The molecule has 0 aliphatic carbocycles. The van der Waals surface area contributed by atoms with E-state index in [1.807, 2.05) is 4.90 Å². The fraction of sp³-hybridized carbons (Fsp3) is 0.259. The third-order valence-corrected chi connectivity index (χ3v) is 5.59. The fourth-order valence-electron chi connectivity index (χ4n) is 3.52. The van der Waals surface area contributed by atoms with Crippen molar-refractivity contribution in [1.82, 2.24) is 4.90 Å². The van der Waals surface area contributed by atoms with E-state index in [0.29, 0.717) is 54.7 Å². The molecular weight excluding hydrogens is 508 g/mol. The van der Waals surface area contributed by atoms with Gasteiger partial charge in [0.1, 0.15) is 43.2 Å². The zero-order chi connectivity index (χ0) is 28.2. The van der Waals surface area contributed by atoms with E-state index in [2.05, 4.69) is 0 Å². The van der Waals surface area contributed by atoms with Crippen LogP contribution in [0, 0.1) is 10.1 Å². The Labute approximate surface area is 224 Å². The number of nitro benzene ring substituents is 1. The van der Waals surface area contributed by atoms with Crippen molar-refractivity contribution < 1.29 is 33.8 Å². The first-order valence-corrected chi connectivity index (χ1v) is 12.0. The highest BCUT2D eigenvalue weighted by Gasteiger charge is 2.14. The second-order valence-electron chi connectivity index (χ2n) is 8.49. The van der Waals surface area contributed by atoms with E-state index in [9.17, 15) is 24.8 Å². The SMILES string of the molecule is NC(=O)c1ccc(OCCN(CCOc2ccc(C(N)=O)cc2)CC(O)COc2ccc([N+](=O)[O-])cc2)cc1. The number of hydrogen-bond acceptors (Lipinski definition) is 9. The zero-order valence-electron chi connectivity index (χ0n) is 21.1. The first-order chi connectivity index (χ1) is 18.7. The summed E-state index contributed by atoms with van der Waals surface area (Å²) in [4.78, 5) is 34.7. The van der Waals surface area contributed by atoms with Crippen LogP contribution in [0.3, 0.4) is 0 Å². The molecule has 3 aromatic carbocycles. The Hall–Kier alpha value is -4.68. The Morgan fingerprint density at radius 2 is 1.18 bits per heavy atom. The van der Waals surface area contributed by atoms with E-state index in [1.54, 1.807) is 48.5 Å². The Morgan fingerprint density at radius 3 is 1.59 bits per heavy atom. The van der Waals surface area contributed by atoms with Crippen LogP contribution in [0.1, 0.15) is 20.7 Å². The summed E-state index contributed by atoms with van der Waals surface area (Å²) in [6.45, 7) is 1.67. The molecule has 0 aliphatic heterocycles. The molecule has 0 aromatic heterocycles. The molecule has 0 saturated heterocycles. The molecule has 206 valence electrons. The van der Waals surface area contributed by atoms with Crippen molar-refractivity contribution in [3.63, 3.8) is 0 Å². The van der Waals surface area contributed by atoms with Crippen molar-refractivity contribution in [2.24, 2.45) is 11.5 Å². The first kappa shape index (κ1) is 28.9. The molecule has 0 aliphatic rings. The molecule has 1 unspecified atom stereocenters. The minimum Gasteiger partial charge on any atom is -0.492 e.